The Labute approximate surface area is 65.1 Å². The number of hydrogen-bond donors (Lipinski definition) is 0. The average molecular weight is 141 g/mol. The summed E-state index contributed by atoms with van der Waals surface area (Å²) in [6.45, 7) is 8.23. The SMILES string of the molecule is CC#N.CCCC(C)CC. The van der Waals surface area contributed by atoms with E-state index in [1.807, 2.05) is 0 Å². The van der Waals surface area contributed by atoms with Crippen LogP contribution in [0.15, 0.2) is 0 Å². The van der Waals surface area contributed by atoms with E-state index in [1.54, 1.807) is 6.07 Å². The third-order valence-corrected chi connectivity index (χ3v) is 1.48. The molecule has 0 aromatic rings. The first-order chi connectivity index (χ1) is 4.72. The van der Waals surface area contributed by atoms with Crippen molar-refractivity contribution in [2.45, 2.75) is 47.0 Å². The molecule has 0 aliphatic heterocycles. The molecule has 0 aliphatic rings. The fraction of sp³-hybridized carbons (Fsp3) is 0.889. The van der Waals surface area contributed by atoms with Crippen LogP contribution in [0.2, 0.25) is 0 Å². The van der Waals surface area contributed by atoms with Gasteiger partial charge in [-0.1, -0.05) is 40.0 Å². The highest BCUT2D eigenvalue weighted by atomic mass is 14.2. The van der Waals surface area contributed by atoms with Crippen LogP contribution < -0.4 is 0 Å². The quantitative estimate of drug-likeness (QED) is 0.591. The molecule has 0 heterocycles. The molecule has 0 rings (SSSR count). The van der Waals surface area contributed by atoms with Gasteiger partial charge in [0.2, 0.25) is 0 Å². The van der Waals surface area contributed by atoms with Crippen molar-refractivity contribution in [3.05, 3.63) is 0 Å². The highest BCUT2D eigenvalue weighted by molar-refractivity contribution is 4.51. The molecule has 1 heteroatoms. The van der Waals surface area contributed by atoms with Gasteiger partial charge < -0.3 is 0 Å². The zero-order chi connectivity index (χ0) is 8.41. The van der Waals surface area contributed by atoms with Gasteiger partial charge in [-0.25, -0.2) is 0 Å². The lowest BCUT2D eigenvalue weighted by Gasteiger charge is -2.02. The van der Waals surface area contributed by atoms with Gasteiger partial charge in [-0.05, 0) is 5.92 Å². The predicted octanol–water partition coefficient (Wildman–Crippen LogP) is 3.36. The third kappa shape index (κ3) is 15.6. The van der Waals surface area contributed by atoms with Crippen LogP contribution in [-0.2, 0) is 0 Å². The first-order valence-corrected chi connectivity index (χ1v) is 4.03. The zero-order valence-electron chi connectivity index (χ0n) is 7.65. The van der Waals surface area contributed by atoms with Gasteiger partial charge in [0.05, 0.1) is 6.07 Å². The Hall–Kier alpha value is -0.510. The molecule has 0 saturated carbocycles. The molecule has 0 aliphatic carbocycles. The Balaban J connectivity index is 0. The molecule has 0 amide bonds. The Morgan fingerprint density at radius 1 is 1.40 bits per heavy atom. The maximum Gasteiger partial charge on any atom is 0.0587 e. The summed E-state index contributed by atoms with van der Waals surface area (Å²) in [5, 5.41) is 7.32. The van der Waals surface area contributed by atoms with E-state index in [2.05, 4.69) is 20.8 Å². The van der Waals surface area contributed by atoms with Crippen LogP contribution in [0.1, 0.15) is 47.0 Å². The molecule has 1 nitrogen and oxygen atoms in total. The van der Waals surface area contributed by atoms with E-state index >= 15 is 0 Å². The molecular formula is C9H19N. The normalized spacial score (nSPS) is 10.7. The lowest BCUT2D eigenvalue weighted by atomic mass is 10.0. The summed E-state index contributed by atoms with van der Waals surface area (Å²) < 4.78 is 0. The van der Waals surface area contributed by atoms with Crippen molar-refractivity contribution in [2.75, 3.05) is 0 Å². The fourth-order valence-corrected chi connectivity index (χ4v) is 0.697. The van der Waals surface area contributed by atoms with E-state index in [4.69, 9.17) is 5.26 Å². The summed E-state index contributed by atoms with van der Waals surface area (Å²) in [7, 11) is 0. The van der Waals surface area contributed by atoms with Crippen LogP contribution in [0.5, 0.6) is 0 Å². The molecular weight excluding hydrogens is 122 g/mol. The first-order valence-electron chi connectivity index (χ1n) is 4.03. The largest absolute Gasteiger partial charge is 0.199 e. The topological polar surface area (TPSA) is 23.8 Å². The summed E-state index contributed by atoms with van der Waals surface area (Å²) in [5.41, 5.74) is 0. The van der Waals surface area contributed by atoms with Gasteiger partial charge in [0.15, 0.2) is 0 Å². The summed E-state index contributed by atoms with van der Waals surface area (Å²) in [6, 6.07) is 1.75. The second-order valence-corrected chi connectivity index (χ2v) is 2.53. The van der Waals surface area contributed by atoms with Gasteiger partial charge in [0.25, 0.3) is 0 Å². The highest BCUT2D eigenvalue weighted by Gasteiger charge is 1.92. The summed E-state index contributed by atoms with van der Waals surface area (Å²) >= 11 is 0. The van der Waals surface area contributed by atoms with Crippen molar-refractivity contribution in [3.8, 4) is 6.07 Å². The maximum absolute atomic E-state index is 7.32. The molecule has 1 atom stereocenters. The van der Waals surface area contributed by atoms with E-state index in [0.717, 1.165) is 5.92 Å². The predicted molar refractivity (Wildman–Crippen MR) is 45.7 cm³/mol. The number of nitriles is 1. The third-order valence-electron chi connectivity index (χ3n) is 1.48. The maximum atomic E-state index is 7.32. The van der Waals surface area contributed by atoms with Gasteiger partial charge in [0.1, 0.15) is 0 Å². The average Bonchev–Trinajstić information content (AvgIpc) is 1.90. The Bertz CT molecular complexity index is 81.2. The smallest absolute Gasteiger partial charge is 0.0587 e. The van der Waals surface area contributed by atoms with E-state index in [1.165, 1.54) is 26.2 Å². The molecule has 0 aromatic heterocycles. The minimum Gasteiger partial charge on any atom is -0.199 e. The van der Waals surface area contributed by atoms with Crippen molar-refractivity contribution in [3.63, 3.8) is 0 Å². The molecule has 1 unspecified atom stereocenters. The van der Waals surface area contributed by atoms with E-state index in [0.29, 0.717) is 0 Å². The molecule has 0 radical (unpaired) electrons. The summed E-state index contributed by atoms with van der Waals surface area (Å²) in [6.07, 6.45) is 4.08. The van der Waals surface area contributed by atoms with Crippen LogP contribution in [-0.4, -0.2) is 0 Å². The van der Waals surface area contributed by atoms with E-state index in [9.17, 15) is 0 Å². The highest BCUT2D eigenvalue weighted by Crippen LogP contribution is 2.07. The molecule has 10 heavy (non-hydrogen) atoms. The first kappa shape index (κ1) is 12.2. The lowest BCUT2D eigenvalue weighted by Crippen LogP contribution is -1.88. The Morgan fingerprint density at radius 2 is 1.80 bits per heavy atom. The second kappa shape index (κ2) is 11.3. The van der Waals surface area contributed by atoms with Crippen molar-refractivity contribution >= 4 is 0 Å². The van der Waals surface area contributed by atoms with Crippen molar-refractivity contribution < 1.29 is 0 Å². The van der Waals surface area contributed by atoms with Gasteiger partial charge in [-0.2, -0.15) is 5.26 Å². The van der Waals surface area contributed by atoms with Crippen LogP contribution in [0, 0.1) is 17.2 Å². The fourth-order valence-electron chi connectivity index (χ4n) is 0.697. The minimum atomic E-state index is 0.949. The Morgan fingerprint density at radius 3 is 1.90 bits per heavy atom. The van der Waals surface area contributed by atoms with E-state index < -0.39 is 0 Å². The Kier molecular flexibility index (Phi) is 13.8. The van der Waals surface area contributed by atoms with Crippen LogP contribution in [0.4, 0.5) is 0 Å². The second-order valence-electron chi connectivity index (χ2n) is 2.53. The number of nitrogens with zero attached hydrogens (tertiary/aromatic N) is 1. The van der Waals surface area contributed by atoms with Crippen molar-refractivity contribution in [1.82, 2.24) is 0 Å². The van der Waals surface area contributed by atoms with Crippen LogP contribution in [0.3, 0.4) is 0 Å². The van der Waals surface area contributed by atoms with Gasteiger partial charge in [-0.3, -0.25) is 0 Å². The van der Waals surface area contributed by atoms with Gasteiger partial charge in [-0.15, -0.1) is 0 Å². The molecule has 60 valence electrons. The molecule has 0 saturated heterocycles. The molecule has 0 spiro atoms. The van der Waals surface area contributed by atoms with Crippen LogP contribution in [0.25, 0.3) is 0 Å². The zero-order valence-corrected chi connectivity index (χ0v) is 7.65. The van der Waals surface area contributed by atoms with Crippen LogP contribution >= 0.6 is 0 Å². The standard InChI is InChI=1S/C7H16.C2H3N/c1-4-6-7(3)5-2;1-2-3/h7H,4-6H2,1-3H3;1H3. The number of hydrogen-bond acceptors (Lipinski definition) is 1. The monoisotopic (exact) mass is 141 g/mol. The molecule has 0 bridgehead atoms. The summed E-state index contributed by atoms with van der Waals surface area (Å²) in [4.78, 5) is 0. The molecule has 0 aromatic carbocycles. The molecule has 0 fully saturated rings. The number of rotatable bonds is 3. The van der Waals surface area contributed by atoms with Crippen molar-refractivity contribution in [1.29, 1.82) is 5.26 Å². The van der Waals surface area contributed by atoms with Gasteiger partial charge >= 0.3 is 0 Å². The minimum absolute atomic E-state index is 0.949. The van der Waals surface area contributed by atoms with E-state index in [-0.39, 0.29) is 0 Å². The lowest BCUT2D eigenvalue weighted by molar-refractivity contribution is 0.509. The molecule has 0 N–H and O–H groups in total. The van der Waals surface area contributed by atoms with Gasteiger partial charge in [0, 0.05) is 6.92 Å². The van der Waals surface area contributed by atoms with Crippen molar-refractivity contribution in [2.24, 2.45) is 5.92 Å². The summed E-state index contributed by atoms with van der Waals surface area (Å²) in [5.74, 6) is 0.949.